The van der Waals surface area contributed by atoms with Crippen LogP contribution in [0.4, 0.5) is 0 Å². The van der Waals surface area contributed by atoms with E-state index in [4.69, 9.17) is 26.4 Å². The van der Waals surface area contributed by atoms with Crippen LogP contribution in [0.2, 0.25) is 0 Å². The zero-order valence-electron chi connectivity index (χ0n) is 24.5. The van der Waals surface area contributed by atoms with Gasteiger partial charge in [0.05, 0.1) is 25.2 Å². The first kappa shape index (κ1) is 30.2. The van der Waals surface area contributed by atoms with Crippen LogP contribution in [0.15, 0.2) is 59.5 Å². The van der Waals surface area contributed by atoms with E-state index in [1.165, 1.54) is 11.8 Å². The third-order valence-corrected chi connectivity index (χ3v) is 9.09. The molecule has 3 aromatic carbocycles. The molecule has 2 aliphatic rings. The van der Waals surface area contributed by atoms with E-state index in [2.05, 4.69) is 61.9 Å². The minimum Gasteiger partial charge on any atom is -0.493 e. The van der Waals surface area contributed by atoms with Gasteiger partial charge in [0.15, 0.2) is 17.3 Å². The van der Waals surface area contributed by atoms with Crippen molar-refractivity contribution in [2.24, 2.45) is 0 Å². The van der Waals surface area contributed by atoms with Gasteiger partial charge in [-0.05, 0) is 59.0 Å². The summed E-state index contributed by atoms with van der Waals surface area (Å²) in [6.45, 7) is 5.13. The lowest BCUT2D eigenvalue weighted by molar-refractivity contribution is -0.122. The Morgan fingerprint density at radius 1 is 1.07 bits per heavy atom. The van der Waals surface area contributed by atoms with Crippen molar-refractivity contribution < 1.29 is 19.0 Å². The predicted molar refractivity (Wildman–Crippen MR) is 176 cm³/mol. The molecule has 1 aromatic heterocycles. The number of methoxy groups -OCH3 is 1. The Morgan fingerprint density at radius 2 is 1.91 bits per heavy atom. The smallest absolute Gasteiger partial charge is 0.266 e. The van der Waals surface area contributed by atoms with Crippen LogP contribution in [0, 0.1) is 0 Å². The topological polar surface area (TPSA) is 106 Å². The van der Waals surface area contributed by atoms with Gasteiger partial charge in [0, 0.05) is 38.2 Å². The summed E-state index contributed by atoms with van der Waals surface area (Å²) in [5.74, 6) is 1.87. The average Bonchev–Trinajstić information content (AvgIpc) is 3.67. The number of morpholine rings is 1. The number of nitrogens with one attached hydrogen (secondary N) is 1. The second kappa shape index (κ2) is 14.3. The molecule has 0 atom stereocenters. The molecule has 2 fully saturated rings. The SMILES string of the molecule is COc1cc(/C=C2\SC(=S)N(CCCCc3nn[nH]n3)C2=O)cc(-c2ccc3ccccc3c2)c1OCCN1CCOCC1. The molecule has 12 heteroatoms. The van der Waals surface area contributed by atoms with E-state index in [0.29, 0.717) is 46.1 Å². The molecular formula is C32H34N6O4S2. The number of hydrogen-bond acceptors (Lipinski definition) is 10. The Hall–Kier alpha value is -3.84. The third-order valence-electron chi connectivity index (χ3n) is 7.71. The molecule has 4 aromatic rings. The highest BCUT2D eigenvalue weighted by atomic mass is 32.2. The standard InChI is InChI=1S/C32H34N6O4S2/c1-40-27-19-22(20-28-31(39)38(32(43)44-28)11-5-4-8-29-33-35-36-34-29)18-26(25-10-9-23-6-2-3-7-24(23)21-25)30(27)42-17-14-37-12-15-41-16-13-37/h2-3,6-7,9-10,18-21H,4-5,8,11-17H2,1H3,(H,33,34,35,36)/b28-20-. The van der Waals surface area contributed by atoms with Crippen LogP contribution in [0.1, 0.15) is 24.2 Å². The number of benzene rings is 3. The maximum atomic E-state index is 13.4. The van der Waals surface area contributed by atoms with E-state index in [9.17, 15) is 4.79 Å². The molecule has 1 N–H and O–H groups in total. The van der Waals surface area contributed by atoms with E-state index < -0.39 is 0 Å². The summed E-state index contributed by atoms with van der Waals surface area (Å²) in [7, 11) is 1.65. The minimum atomic E-state index is -0.0865. The number of carbonyl (C=O) groups excluding carboxylic acids is 1. The number of aromatic nitrogens is 4. The van der Waals surface area contributed by atoms with Crippen LogP contribution in [0.3, 0.4) is 0 Å². The molecule has 0 unspecified atom stereocenters. The van der Waals surface area contributed by atoms with E-state index in [1.807, 2.05) is 24.3 Å². The van der Waals surface area contributed by atoms with Gasteiger partial charge in [-0.1, -0.05) is 65.6 Å². The molecule has 0 aliphatic carbocycles. The number of hydrogen-bond donors (Lipinski definition) is 1. The van der Waals surface area contributed by atoms with Crippen LogP contribution >= 0.6 is 24.0 Å². The number of H-pyrrole nitrogens is 1. The number of carbonyl (C=O) groups is 1. The van der Waals surface area contributed by atoms with E-state index in [0.717, 1.165) is 73.2 Å². The van der Waals surface area contributed by atoms with Gasteiger partial charge in [0.25, 0.3) is 5.91 Å². The number of aromatic amines is 1. The van der Waals surface area contributed by atoms with Crippen LogP contribution in [-0.2, 0) is 16.0 Å². The molecule has 0 saturated carbocycles. The van der Waals surface area contributed by atoms with Gasteiger partial charge in [-0.2, -0.15) is 5.21 Å². The van der Waals surface area contributed by atoms with Crippen LogP contribution in [-0.4, -0.2) is 93.8 Å². The van der Waals surface area contributed by atoms with Crippen molar-refractivity contribution in [3.63, 3.8) is 0 Å². The van der Waals surface area contributed by atoms with Gasteiger partial charge >= 0.3 is 0 Å². The fourth-order valence-corrected chi connectivity index (χ4v) is 6.67. The van der Waals surface area contributed by atoms with Crippen LogP contribution < -0.4 is 9.47 Å². The number of unbranched alkanes of at least 4 members (excludes halogenated alkanes) is 1. The molecule has 10 nitrogen and oxygen atoms in total. The molecule has 3 heterocycles. The Labute approximate surface area is 265 Å². The molecule has 44 heavy (non-hydrogen) atoms. The minimum absolute atomic E-state index is 0.0865. The summed E-state index contributed by atoms with van der Waals surface area (Å²) < 4.78 is 18.4. The number of aryl methyl sites for hydroxylation is 1. The number of ether oxygens (including phenoxy) is 3. The van der Waals surface area contributed by atoms with Gasteiger partial charge in [0.1, 0.15) is 10.9 Å². The number of rotatable bonds is 12. The highest BCUT2D eigenvalue weighted by molar-refractivity contribution is 8.26. The lowest BCUT2D eigenvalue weighted by Gasteiger charge is -2.26. The van der Waals surface area contributed by atoms with Crippen molar-refractivity contribution in [2.45, 2.75) is 19.3 Å². The number of amides is 1. The molecule has 6 rings (SSSR count). The predicted octanol–water partition coefficient (Wildman–Crippen LogP) is 4.96. The van der Waals surface area contributed by atoms with Gasteiger partial charge in [-0.3, -0.25) is 14.6 Å². The first-order chi connectivity index (χ1) is 21.6. The summed E-state index contributed by atoms with van der Waals surface area (Å²) >= 11 is 6.91. The number of thioether (sulfide) groups is 1. The number of nitrogens with zero attached hydrogens (tertiary/aromatic N) is 5. The van der Waals surface area contributed by atoms with E-state index in [1.54, 1.807) is 12.0 Å². The van der Waals surface area contributed by atoms with Crippen molar-refractivity contribution in [1.82, 2.24) is 30.4 Å². The zero-order chi connectivity index (χ0) is 30.3. The second-order valence-corrected chi connectivity index (χ2v) is 12.3. The summed E-state index contributed by atoms with van der Waals surface area (Å²) in [5.41, 5.74) is 2.75. The lowest BCUT2D eigenvalue weighted by Crippen LogP contribution is -2.38. The zero-order valence-corrected chi connectivity index (χ0v) is 26.2. The van der Waals surface area contributed by atoms with Gasteiger partial charge in [-0.25, -0.2) is 0 Å². The maximum absolute atomic E-state index is 13.4. The van der Waals surface area contributed by atoms with Crippen molar-refractivity contribution >= 4 is 51.1 Å². The average molecular weight is 631 g/mol. The first-order valence-electron chi connectivity index (χ1n) is 14.7. The Bertz CT molecular complexity index is 1660. The summed E-state index contributed by atoms with van der Waals surface area (Å²) in [6, 6.07) is 18.6. The van der Waals surface area contributed by atoms with Gasteiger partial charge in [-0.15, -0.1) is 10.2 Å². The molecule has 228 valence electrons. The second-order valence-electron chi connectivity index (χ2n) is 10.6. The van der Waals surface area contributed by atoms with Crippen molar-refractivity contribution in [3.05, 3.63) is 70.9 Å². The molecular weight excluding hydrogens is 597 g/mol. The molecule has 1 amide bonds. The number of fused-ring (bicyclic) bond motifs is 1. The van der Waals surface area contributed by atoms with Crippen molar-refractivity contribution in [2.75, 3.05) is 53.1 Å². The fourth-order valence-electron chi connectivity index (χ4n) is 5.37. The van der Waals surface area contributed by atoms with Gasteiger partial charge < -0.3 is 14.2 Å². The monoisotopic (exact) mass is 630 g/mol. The fraction of sp³-hybridized carbons (Fsp3) is 0.344. The van der Waals surface area contributed by atoms with Crippen LogP contribution in [0.25, 0.3) is 28.0 Å². The molecule has 2 saturated heterocycles. The molecule has 2 aliphatic heterocycles. The molecule has 0 spiro atoms. The summed E-state index contributed by atoms with van der Waals surface area (Å²) in [6.07, 6.45) is 4.20. The molecule has 0 bridgehead atoms. The van der Waals surface area contributed by atoms with E-state index in [-0.39, 0.29) is 5.91 Å². The number of thiocarbonyl (C=S) groups is 1. The highest BCUT2D eigenvalue weighted by Crippen LogP contribution is 2.42. The van der Waals surface area contributed by atoms with Gasteiger partial charge in [0.2, 0.25) is 0 Å². The summed E-state index contributed by atoms with van der Waals surface area (Å²) in [5, 5.41) is 16.3. The lowest BCUT2D eigenvalue weighted by atomic mass is 9.98. The Balaban J connectivity index is 1.25. The first-order valence-corrected chi connectivity index (χ1v) is 15.9. The summed E-state index contributed by atoms with van der Waals surface area (Å²) in [4.78, 5) is 18.0. The van der Waals surface area contributed by atoms with Crippen molar-refractivity contribution in [1.29, 1.82) is 0 Å². The largest absolute Gasteiger partial charge is 0.493 e. The van der Waals surface area contributed by atoms with E-state index >= 15 is 0 Å². The normalized spacial score (nSPS) is 16.8. The Morgan fingerprint density at radius 3 is 2.70 bits per heavy atom. The van der Waals surface area contributed by atoms with Crippen molar-refractivity contribution in [3.8, 4) is 22.6 Å². The van der Waals surface area contributed by atoms with Crippen LogP contribution in [0.5, 0.6) is 11.5 Å². The third kappa shape index (κ3) is 7.10. The highest BCUT2D eigenvalue weighted by Gasteiger charge is 2.31. The maximum Gasteiger partial charge on any atom is 0.266 e. The number of tetrazole rings is 1. The quantitative estimate of drug-likeness (QED) is 0.131. The molecule has 0 radical (unpaired) electrons. The Kier molecular flexibility index (Phi) is 9.81.